The molecule has 0 saturated heterocycles. The predicted molar refractivity (Wildman–Crippen MR) is 113 cm³/mol. The molecule has 0 amide bonds. The molecule has 0 spiro atoms. The number of nitrogens with two attached hydrogens (primary N) is 1. The highest BCUT2D eigenvalue weighted by Crippen LogP contribution is 2.56. The summed E-state index contributed by atoms with van der Waals surface area (Å²) in [7, 11) is 0. The monoisotopic (exact) mass is 382 g/mol. The van der Waals surface area contributed by atoms with Gasteiger partial charge < -0.3 is 5.73 Å². The number of hydrogen-bond donors (Lipinski definition) is 1. The zero-order valence-corrected chi connectivity index (χ0v) is 15.2. The molecule has 0 bridgehead atoms. The highest BCUT2D eigenvalue weighted by Gasteiger charge is 2.30. The Kier molecular flexibility index (Phi) is 3.71. The SMILES string of the molecule is Nc1ccccc1-c1cccc2c1-c1c(-c3cccc([N+](=O)[O-])c3F)cccc1-2. The fourth-order valence-corrected chi connectivity index (χ4v) is 4.09. The number of fused-ring (bicyclic) bond motifs is 4. The van der Waals surface area contributed by atoms with Crippen LogP contribution in [0.2, 0.25) is 0 Å². The molecule has 5 heteroatoms. The van der Waals surface area contributed by atoms with Gasteiger partial charge in [0, 0.05) is 22.9 Å². The Morgan fingerprint density at radius 1 is 0.655 bits per heavy atom. The van der Waals surface area contributed by atoms with E-state index in [9.17, 15) is 14.5 Å². The Morgan fingerprint density at radius 2 is 1.10 bits per heavy atom. The minimum atomic E-state index is -0.823. The quantitative estimate of drug-likeness (QED) is 0.226. The zero-order valence-electron chi connectivity index (χ0n) is 15.2. The lowest BCUT2D eigenvalue weighted by molar-refractivity contribution is -0.387. The van der Waals surface area contributed by atoms with Gasteiger partial charge >= 0.3 is 5.69 Å². The summed E-state index contributed by atoms with van der Waals surface area (Å²) in [5.74, 6) is -0.823. The van der Waals surface area contributed by atoms with Crippen molar-refractivity contribution in [3.8, 4) is 44.5 Å². The summed E-state index contributed by atoms with van der Waals surface area (Å²) in [6, 6.07) is 23.5. The van der Waals surface area contributed by atoms with Gasteiger partial charge in [-0.15, -0.1) is 0 Å². The molecule has 0 atom stereocenters. The van der Waals surface area contributed by atoms with Crippen LogP contribution in [0.4, 0.5) is 15.8 Å². The van der Waals surface area contributed by atoms with Crippen LogP contribution < -0.4 is 5.73 Å². The molecule has 4 nitrogen and oxygen atoms in total. The van der Waals surface area contributed by atoms with Crippen LogP contribution in [-0.4, -0.2) is 4.92 Å². The van der Waals surface area contributed by atoms with Crippen LogP contribution in [0.15, 0.2) is 78.9 Å². The van der Waals surface area contributed by atoms with E-state index in [1.807, 2.05) is 54.6 Å². The van der Waals surface area contributed by atoms with E-state index < -0.39 is 16.4 Å². The molecular weight excluding hydrogens is 367 g/mol. The highest BCUT2D eigenvalue weighted by molar-refractivity contribution is 6.14. The first kappa shape index (κ1) is 17.1. The van der Waals surface area contributed by atoms with Crippen LogP contribution >= 0.6 is 0 Å². The van der Waals surface area contributed by atoms with E-state index in [-0.39, 0.29) is 5.56 Å². The number of para-hydroxylation sites is 1. The van der Waals surface area contributed by atoms with Crippen LogP contribution in [0, 0.1) is 15.9 Å². The topological polar surface area (TPSA) is 69.2 Å². The van der Waals surface area contributed by atoms with Crippen molar-refractivity contribution < 1.29 is 9.31 Å². The van der Waals surface area contributed by atoms with E-state index in [0.717, 1.165) is 33.4 Å². The minimum Gasteiger partial charge on any atom is -0.398 e. The van der Waals surface area contributed by atoms with Gasteiger partial charge in [-0.05, 0) is 39.4 Å². The Labute approximate surface area is 166 Å². The largest absolute Gasteiger partial charge is 0.398 e. The number of halogens is 1. The first-order valence-electron chi connectivity index (χ1n) is 9.13. The summed E-state index contributed by atoms with van der Waals surface area (Å²) >= 11 is 0. The van der Waals surface area contributed by atoms with Gasteiger partial charge in [0.25, 0.3) is 0 Å². The summed E-state index contributed by atoms with van der Waals surface area (Å²) in [5.41, 5.74) is 13.0. The predicted octanol–water partition coefficient (Wildman–Crippen LogP) is 6.30. The van der Waals surface area contributed by atoms with E-state index in [1.54, 1.807) is 12.1 Å². The number of nitro benzene ring substituents is 1. The van der Waals surface area contributed by atoms with Crippen molar-refractivity contribution in [1.82, 2.24) is 0 Å². The summed E-state index contributed by atoms with van der Waals surface area (Å²) < 4.78 is 14.9. The fraction of sp³-hybridized carbons (Fsp3) is 0. The third kappa shape index (κ3) is 2.44. The average molecular weight is 382 g/mol. The number of anilines is 1. The van der Waals surface area contributed by atoms with Crippen molar-refractivity contribution >= 4 is 11.4 Å². The molecule has 0 aromatic heterocycles. The minimum absolute atomic E-state index is 0.220. The third-order valence-electron chi connectivity index (χ3n) is 5.39. The summed E-state index contributed by atoms with van der Waals surface area (Å²) in [6.45, 7) is 0. The lowest BCUT2D eigenvalue weighted by Crippen LogP contribution is -2.05. The van der Waals surface area contributed by atoms with Crippen molar-refractivity contribution in [2.75, 3.05) is 5.73 Å². The van der Waals surface area contributed by atoms with Gasteiger partial charge in [0.05, 0.1) is 4.92 Å². The average Bonchev–Trinajstić information content (AvgIpc) is 2.71. The maximum atomic E-state index is 14.9. The van der Waals surface area contributed by atoms with Gasteiger partial charge in [-0.25, -0.2) is 0 Å². The molecule has 1 aliphatic carbocycles. The molecule has 0 aliphatic heterocycles. The number of benzene rings is 4. The Balaban J connectivity index is 1.77. The molecule has 1 aliphatic rings. The van der Waals surface area contributed by atoms with Gasteiger partial charge in [0.2, 0.25) is 5.82 Å². The number of nitrogens with zero attached hydrogens (tertiary/aromatic N) is 1. The van der Waals surface area contributed by atoms with Crippen molar-refractivity contribution in [2.45, 2.75) is 0 Å². The number of nitro groups is 1. The zero-order chi connectivity index (χ0) is 20.1. The second-order valence-electron chi connectivity index (χ2n) is 6.94. The van der Waals surface area contributed by atoms with E-state index in [0.29, 0.717) is 11.3 Å². The second kappa shape index (κ2) is 6.27. The molecule has 0 unspecified atom stereocenters. The lowest BCUT2D eigenvalue weighted by Gasteiger charge is -2.30. The molecule has 0 saturated carbocycles. The molecule has 0 fully saturated rings. The summed E-state index contributed by atoms with van der Waals surface area (Å²) in [4.78, 5) is 10.5. The highest BCUT2D eigenvalue weighted by atomic mass is 19.1. The molecule has 4 aromatic carbocycles. The standard InChI is InChI=1S/C24H15FN2O2/c25-24-19(11-5-13-21(24)27(28)29)18-10-4-9-17-16-8-3-7-15(22(16)23(17)18)14-6-1-2-12-20(14)26/h1-13H,26H2. The smallest absolute Gasteiger partial charge is 0.305 e. The van der Waals surface area contributed by atoms with E-state index in [2.05, 4.69) is 0 Å². The molecule has 0 radical (unpaired) electrons. The molecule has 0 heterocycles. The van der Waals surface area contributed by atoms with Crippen LogP contribution in [0.1, 0.15) is 0 Å². The van der Waals surface area contributed by atoms with Gasteiger partial charge in [0.1, 0.15) is 0 Å². The van der Waals surface area contributed by atoms with E-state index in [1.165, 1.54) is 12.1 Å². The first-order chi connectivity index (χ1) is 14.1. The Bertz CT molecular complexity index is 1310. The molecule has 140 valence electrons. The van der Waals surface area contributed by atoms with Crippen molar-refractivity contribution in [2.24, 2.45) is 0 Å². The second-order valence-corrected chi connectivity index (χ2v) is 6.94. The van der Waals surface area contributed by atoms with Gasteiger partial charge in [0.15, 0.2) is 0 Å². The number of nitrogen functional groups attached to an aromatic ring is 1. The normalized spacial score (nSPS) is 11.3. The van der Waals surface area contributed by atoms with Crippen LogP contribution in [-0.2, 0) is 0 Å². The number of hydrogen-bond acceptors (Lipinski definition) is 3. The maximum Gasteiger partial charge on any atom is 0.305 e. The summed E-state index contributed by atoms with van der Waals surface area (Å²) in [6.07, 6.45) is 0. The van der Waals surface area contributed by atoms with Gasteiger partial charge in [-0.3, -0.25) is 10.1 Å². The van der Waals surface area contributed by atoms with Crippen molar-refractivity contribution in [3.05, 3.63) is 94.8 Å². The molecule has 4 aromatic rings. The summed E-state index contributed by atoms with van der Waals surface area (Å²) in [5, 5.41) is 11.2. The Morgan fingerprint density at radius 3 is 1.69 bits per heavy atom. The van der Waals surface area contributed by atoms with E-state index >= 15 is 0 Å². The van der Waals surface area contributed by atoms with Crippen LogP contribution in [0.25, 0.3) is 44.5 Å². The molecule has 29 heavy (non-hydrogen) atoms. The van der Waals surface area contributed by atoms with Crippen LogP contribution in [0.3, 0.4) is 0 Å². The maximum absolute atomic E-state index is 14.9. The fourth-order valence-electron chi connectivity index (χ4n) is 4.09. The lowest BCUT2D eigenvalue weighted by atomic mass is 9.73. The first-order valence-corrected chi connectivity index (χ1v) is 9.13. The third-order valence-corrected chi connectivity index (χ3v) is 5.39. The van der Waals surface area contributed by atoms with Gasteiger partial charge in [-0.1, -0.05) is 66.7 Å². The van der Waals surface area contributed by atoms with Crippen molar-refractivity contribution in [1.29, 1.82) is 0 Å². The Hall–Kier alpha value is -3.99. The van der Waals surface area contributed by atoms with Crippen LogP contribution in [0.5, 0.6) is 0 Å². The van der Waals surface area contributed by atoms with E-state index in [4.69, 9.17) is 5.73 Å². The molecule has 5 rings (SSSR count). The van der Waals surface area contributed by atoms with Gasteiger partial charge in [-0.2, -0.15) is 4.39 Å². The molecule has 2 N–H and O–H groups in total. The number of rotatable bonds is 3. The molecular formula is C24H15FN2O2. The van der Waals surface area contributed by atoms with Crippen molar-refractivity contribution in [3.63, 3.8) is 0 Å².